The molecule has 4 aromatic rings. The van der Waals surface area contributed by atoms with Gasteiger partial charge in [-0.2, -0.15) is 0 Å². The van der Waals surface area contributed by atoms with Crippen LogP contribution in [0.1, 0.15) is 23.2 Å². The van der Waals surface area contributed by atoms with Crippen LogP contribution in [0, 0.1) is 5.82 Å². The number of benzene rings is 2. The summed E-state index contributed by atoms with van der Waals surface area (Å²) in [7, 11) is 0. The molecule has 0 unspecified atom stereocenters. The number of fused-ring (bicyclic) bond motifs is 1. The fourth-order valence-corrected chi connectivity index (χ4v) is 3.12. The molecular weight excluding hydrogens is 423 g/mol. The summed E-state index contributed by atoms with van der Waals surface area (Å²) in [6.45, 7) is 1.91. The Morgan fingerprint density at radius 1 is 1.13 bits per heavy atom. The summed E-state index contributed by atoms with van der Waals surface area (Å²) >= 11 is 6.13. The molecule has 2 aromatic carbocycles. The van der Waals surface area contributed by atoms with Crippen molar-refractivity contribution in [3.8, 4) is 5.69 Å². The Bertz CT molecular complexity index is 1310. The molecule has 0 radical (unpaired) electrons. The Balaban J connectivity index is 0.000000229. The summed E-state index contributed by atoms with van der Waals surface area (Å²) in [4.78, 5) is 35.0. The van der Waals surface area contributed by atoms with Crippen LogP contribution in [0.25, 0.3) is 16.6 Å². The second-order valence-electron chi connectivity index (χ2n) is 6.29. The molecule has 4 rings (SSSR count). The molecule has 0 saturated heterocycles. The van der Waals surface area contributed by atoms with Gasteiger partial charge < -0.3 is 11.5 Å². The molecule has 0 fully saturated rings. The molecule has 0 aliphatic heterocycles. The van der Waals surface area contributed by atoms with Crippen LogP contribution < -0.4 is 17.0 Å². The number of amides is 1. The highest BCUT2D eigenvalue weighted by atomic mass is 35.5. The van der Waals surface area contributed by atoms with Crippen LogP contribution >= 0.6 is 11.6 Å². The second-order valence-corrected chi connectivity index (χ2v) is 6.69. The third kappa shape index (κ3) is 4.67. The summed E-state index contributed by atoms with van der Waals surface area (Å²) in [6, 6.07) is 10.9. The summed E-state index contributed by atoms with van der Waals surface area (Å²) in [5, 5.41) is 0.740. The normalized spacial score (nSPS) is 10.4. The van der Waals surface area contributed by atoms with Gasteiger partial charge in [0.05, 0.1) is 21.6 Å². The fourth-order valence-electron chi connectivity index (χ4n) is 2.87. The number of nitrogen functional groups attached to an aromatic ring is 1. The summed E-state index contributed by atoms with van der Waals surface area (Å²) in [5.41, 5.74) is 11.1. The molecule has 0 saturated carbocycles. The molecule has 8 nitrogen and oxygen atoms in total. The zero-order valence-corrected chi connectivity index (χ0v) is 17.2. The van der Waals surface area contributed by atoms with E-state index < -0.39 is 5.91 Å². The van der Waals surface area contributed by atoms with E-state index in [2.05, 4.69) is 15.0 Å². The van der Waals surface area contributed by atoms with Crippen molar-refractivity contribution in [1.29, 1.82) is 0 Å². The zero-order valence-electron chi connectivity index (χ0n) is 16.4. The Kier molecular flexibility index (Phi) is 6.56. The van der Waals surface area contributed by atoms with Crippen LogP contribution in [0.15, 0.2) is 59.7 Å². The Morgan fingerprint density at radius 2 is 1.81 bits per heavy atom. The third-order valence-electron chi connectivity index (χ3n) is 4.28. The molecule has 0 bridgehead atoms. The maximum atomic E-state index is 13.1. The van der Waals surface area contributed by atoms with Crippen LogP contribution in [0.3, 0.4) is 0 Å². The average Bonchev–Trinajstić information content (AvgIpc) is 2.75. The first kappa shape index (κ1) is 21.8. The minimum absolute atomic E-state index is 0.0162. The van der Waals surface area contributed by atoms with Crippen LogP contribution in [0.4, 0.5) is 10.2 Å². The van der Waals surface area contributed by atoms with E-state index in [4.69, 9.17) is 23.1 Å². The predicted octanol–water partition coefficient (Wildman–Crippen LogP) is 2.90. The number of aromatic nitrogens is 4. The first-order chi connectivity index (χ1) is 14.8. The number of anilines is 1. The number of rotatable bonds is 3. The predicted molar refractivity (Wildman–Crippen MR) is 117 cm³/mol. The molecule has 0 atom stereocenters. The van der Waals surface area contributed by atoms with Gasteiger partial charge in [-0.3, -0.25) is 14.2 Å². The van der Waals surface area contributed by atoms with Gasteiger partial charge in [-0.15, -0.1) is 0 Å². The number of halogens is 2. The molecule has 0 aliphatic rings. The number of nitrogens with zero attached hydrogens (tertiary/aromatic N) is 4. The molecule has 10 heteroatoms. The lowest BCUT2D eigenvalue weighted by Gasteiger charge is -2.13. The van der Waals surface area contributed by atoms with E-state index in [1.807, 2.05) is 6.92 Å². The van der Waals surface area contributed by atoms with Gasteiger partial charge in [0.2, 0.25) is 0 Å². The van der Waals surface area contributed by atoms with E-state index in [1.54, 1.807) is 30.3 Å². The number of aryl methyl sites for hydroxylation is 1. The maximum Gasteiger partial charge on any atom is 0.271 e. The molecule has 0 aliphatic carbocycles. The van der Waals surface area contributed by atoms with Crippen molar-refractivity contribution >= 4 is 34.2 Å². The van der Waals surface area contributed by atoms with Gasteiger partial charge in [-0.1, -0.05) is 24.6 Å². The topological polar surface area (TPSA) is 130 Å². The minimum Gasteiger partial charge on any atom is -0.382 e. The van der Waals surface area contributed by atoms with Crippen molar-refractivity contribution in [3.63, 3.8) is 0 Å². The highest BCUT2D eigenvalue weighted by Crippen LogP contribution is 2.20. The lowest BCUT2D eigenvalue weighted by molar-refractivity contribution is 0.0996. The van der Waals surface area contributed by atoms with E-state index in [-0.39, 0.29) is 22.9 Å². The zero-order chi connectivity index (χ0) is 22.5. The molecule has 2 heterocycles. The van der Waals surface area contributed by atoms with Crippen molar-refractivity contribution in [2.45, 2.75) is 13.3 Å². The van der Waals surface area contributed by atoms with Crippen LogP contribution in [-0.4, -0.2) is 25.4 Å². The quantitative estimate of drug-likeness (QED) is 0.503. The van der Waals surface area contributed by atoms with Crippen molar-refractivity contribution in [2.75, 3.05) is 5.73 Å². The lowest BCUT2D eigenvalue weighted by Crippen LogP contribution is -2.23. The smallest absolute Gasteiger partial charge is 0.271 e. The van der Waals surface area contributed by atoms with Crippen molar-refractivity contribution in [3.05, 3.63) is 87.6 Å². The number of primary amides is 1. The first-order valence-corrected chi connectivity index (χ1v) is 9.53. The summed E-state index contributed by atoms with van der Waals surface area (Å²) in [5.74, 6) is -0.335. The Hall–Kier alpha value is -3.85. The number of carbonyl (C=O) groups excluding carboxylic acids is 1. The van der Waals surface area contributed by atoms with Crippen LogP contribution in [0.5, 0.6) is 0 Å². The number of hydrogen-bond acceptors (Lipinski definition) is 6. The van der Waals surface area contributed by atoms with Crippen LogP contribution in [0.2, 0.25) is 5.02 Å². The van der Waals surface area contributed by atoms with Crippen LogP contribution in [-0.2, 0) is 6.42 Å². The monoisotopic (exact) mass is 440 g/mol. The Morgan fingerprint density at radius 3 is 2.39 bits per heavy atom. The van der Waals surface area contributed by atoms with Gasteiger partial charge in [0.15, 0.2) is 11.5 Å². The van der Waals surface area contributed by atoms with E-state index in [0.717, 1.165) is 0 Å². The van der Waals surface area contributed by atoms with Crippen molar-refractivity contribution in [1.82, 2.24) is 19.5 Å². The number of nitrogens with two attached hydrogens (primary N) is 2. The minimum atomic E-state index is -0.661. The second kappa shape index (κ2) is 9.31. The third-order valence-corrected chi connectivity index (χ3v) is 4.59. The first-order valence-electron chi connectivity index (χ1n) is 9.15. The number of hydrogen-bond donors (Lipinski definition) is 2. The van der Waals surface area contributed by atoms with Gasteiger partial charge >= 0.3 is 0 Å². The maximum absolute atomic E-state index is 13.1. The van der Waals surface area contributed by atoms with Gasteiger partial charge in [-0.05, 0) is 36.4 Å². The highest BCUT2D eigenvalue weighted by Gasteiger charge is 2.13. The standard InChI is InChI=1S/C16H12ClFN2O.C5H6N4O/c1-2-14-19-13-5-3-4-12(17)15(13)16(21)20(14)11-8-6-10(18)7-9-11;6-4-3(5(7)10)8-1-2-9-4/h3-9H,2H2,1H3;1-2H,(H2,6,9)(H2,7,10). The Labute approximate surface area is 181 Å². The van der Waals surface area contributed by atoms with Gasteiger partial charge in [0, 0.05) is 18.8 Å². The summed E-state index contributed by atoms with van der Waals surface area (Å²) in [6.07, 6.45) is 3.33. The van der Waals surface area contributed by atoms with Crippen molar-refractivity contribution < 1.29 is 9.18 Å². The van der Waals surface area contributed by atoms with Gasteiger partial charge in [0.25, 0.3) is 11.5 Å². The van der Waals surface area contributed by atoms with E-state index in [1.165, 1.54) is 29.1 Å². The molecule has 158 valence electrons. The average molecular weight is 441 g/mol. The SMILES string of the molecule is CCc1nc2cccc(Cl)c2c(=O)n1-c1ccc(F)cc1.NC(=O)c1nccnc1N. The van der Waals surface area contributed by atoms with Gasteiger partial charge in [0.1, 0.15) is 11.6 Å². The van der Waals surface area contributed by atoms with E-state index in [9.17, 15) is 14.0 Å². The van der Waals surface area contributed by atoms with Crippen molar-refractivity contribution in [2.24, 2.45) is 5.73 Å². The molecule has 31 heavy (non-hydrogen) atoms. The molecule has 2 aromatic heterocycles. The molecule has 0 spiro atoms. The van der Waals surface area contributed by atoms with Gasteiger partial charge in [-0.25, -0.2) is 19.3 Å². The fraction of sp³-hybridized carbons (Fsp3) is 0.0952. The van der Waals surface area contributed by atoms with E-state index >= 15 is 0 Å². The van der Waals surface area contributed by atoms with E-state index in [0.29, 0.717) is 33.9 Å². The highest BCUT2D eigenvalue weighted by molar-refractivity contribution is 6.35. The molecule has 4 N–H and O–H groups in total. The number of carbonyl (C=O) groups is 1. The largest absolute Gasteiger partial charge is 0.382 e. The molecule has 1 amide bonds. The summed E-state index contributed by atoms with van der Waals surface area (Å²) < 4.78 is 14.6. The lowest BCUT2D eigenvalue weighted by atomic mass is 10.2. The molecular formula is C21H18ClFN6O2.